The van der Waals surface area contributed by atoms with E-state index in [1.165, 1.54) is 29.7 Å². The van der Waals surface area contributed by atoms with Crippen LogP contribution < -0.4 is 0 Å². The van der Waals surface area contributed by atoms with Crippen LogP contribution in [-0.4, -0.2) is 19.4 Å². The third kappa shape index (κ3) is 7.49. The first kappa shape index (κ1) is 9.49. The summed E-state index contributed by atoms with van der Waals surface area (Å²) in [6.45, 7) is 8.65. The van der Waals surface area contributed by atoms with Crippen LogP contribution in [0.5, 0.6) is 0 Å². The molecule has 1 nitrogen and oxygen atoms in total. The van der Waals surface area contributed by atoms with Gasteiger partial charge in [0.2, 0.25) is 0 Å². The number of hydrogen-bond donors (Lipinski definition) is 0. The zero-order valence-electron chi connectivity index (χ0n) is 6.01. The molecule has 0 radical (unpaired) electrons. The van der Waals surface area contributed by atoms with Crippen molar-refractivity contribution in [1.29, 1.82) is 0 Å². The maximum atomic E-state index is 5.61. The van der Waals surface area contributed by atoms with Crippen molar-refractivity contribution in [1.82, 2.24) is 0 Å². The summed E-state index contributed by atoms with van der Waals surface area (Å²) in [4.78, 5) is 0. The van der Waals surface area contributed by atoms with Gasteiger partial charge in [-0.05, 0) is 0 Å². The molecule has 0 spiro atoms. The predicted molar refractivity (Wildman–Crippen MR) is 35.0 cm³/mol. The van der Waals surface area contributed by atoms with Gasteiger partial charge >= 0.3 is 70.8 Å². The van der Waals surface area contributed by atoms with Gasteiger partial charge in [0.05, 0.1) is 0 Å². The van der Waals surface area contributed by atoms with Crippen LogP contribution >= 0.6 is 3.25 Å². The first-order valence-electron chi connectivity index (χ1n) is 2.73. The summed E-state index contributed by atoms with van der Waals surface area (Å²) in [5, 5.41) is 0. The monoisotopic (exact) mass is 209 g/mol. The van der Waals surface area contributed by atoms with Crippen LogP contribution in [-0.2, 0) is 34.3 Å². The number of hydrogen-bond acceptors (Lipinski definition) is 1. The van der Waals surface area contributed by atoms with Crippen LogP contribution in [0.2, 0.25) is 0 Å². The molecule has 8 heavy (non-hydrogen) atoms. The van der Waals surface area contributed by atoms with Gasteiger partial charge in [0.15, 0.2) is 0 Å². The van der Waals surface area contributed by atoms with Crippen molar-refractivity contribution >= 4 is 3.25 Å². The van der Waals surface area contributed by atoms with Crippen LogP contribution in [0.1, 0.15) is 13.8 Å². The van der Waals surface area contributed by atoms with Crippen molar-refractivity contribution < 1.29 is 34.3 Å². The zero-order valence-corrected chi connectivity index (χ0v) is 9.74. The Hall–Kier alpha value is 1.49. The minimum atomic E-state index is -0.842. The van der Waals surface area contributed by atoms with Gasteiger partial charge in [0, 0.05) is 0 Å². The van der Waals surface area contributed by atoms with Gasteiger partial charge in [-0.25, -0.2) is 0 Å². The molecule has 0 fully saturated rings. The summed E-state index contributed by atoms with van der Waals surface area (Å²) in [6, 6.07) is 0. The average molecular weight is 209 g/mol. The van der Waals surface area contributed by atoms with Gasteiger partial charge in [0.1, 0.15) is 0 Å². The maximum absolute atomic E-state index is 5.61. The molecule has 0 aliphatic heterocycles. The molecule has 0 rings (SSSR count). The molecule has 0 aromatic heterocycles. The summed E-state index contributed by atoms with van der Waals surface area (Å²) in [5.74, 6) is 0. The Bertz CT molecular complexity index is 105. The second kappa shape index (κ2) is 3.61. The summed E-state index contributed by atoms with van der Waals surface area (Å²) >= 11 is 1.28. The van der Waals surface area contributed by atoms with Crippen molar-refractivity contribution in [2.45, 2.75) is 20.0 Å². The molecule has 0 unspecified atom stereocenters. The van der Waals surface area contributed by atoms with Crippen molar-refractivity contribution in [3.63, 3.8) is 0 Å². The van der Waals surface area contributed by atoms with E-state index in [2.05, 4.69) is 27.2 Å². The molecular weight excluding hydrogens is 196 g/mol. The molecule has 0 aliphatic carbocycles. The molecule has 0 N–H and O–H groups in total. The summed E-state index contributed by atoms with van der Waals surface area (Å²) in [6.07, 6.45) is 0.424. The van der Waals surface area contributed by atoms with E-state index in [1.54, 1.807) is 0 Å². The fourth-order valence-electron chi connectivity index (χ4n) is 0.543. The van der Waals surface area contributed by atoms with E-state index in [4.69, 9.17) is 4.52 Å². The molecule has 0 bridgehead atoms. The van der Waals surface area contributed by atoms with Gasteiger partial charge in [-0.3, -0.25) is 0 Å². The van der Waals surface area contributed by atoms with E-state index >= 15 is 0 Å². The fourth-order valence-corrected chi connectivity index (χ4v) is 3.43. The normalized spacial score (nSPS) is 12.9. The predicted octanol–water partition coefficient (Wildman–Crippen LogP) is 2.07. The van der Waals surface area contributed by atoms with E-state index in [0.29, 0.717) is 6.10 Å². The molecular formula is C5H13OPY. The van der Waals surface area contributed by atoms with Crippen LogP contribution in [0.4, 0.5) is 0 Å². The van der Waals surface area contributed by atoms with Crippen LogP contribution in [0.3, 0.4) is 0 Å². The van der Waals surface area contributed by atoms with Gasteiger partial charge in [-0.1, -0.05) is 0 Å². The van der Waals surface area contributed by atoms with Gasteiger partial charge in [-0.15, -0.1) is 0 Å². The summed E-state index contributed by atoms with van der Waals surface area (Å²) in [7, 11) is 0. The third-order valence-corrected chi connectivity index (χ3v) is 2.35. The Kier molecular flexibility index (Phi) is 4.28. The molecule has 0 saturated carbocycles. The van der Waals surface area contributed by atoms with Gasteiger partial charge in [-0.2, -0.15) is 0 Å². The second-order valence-corrected chi connectivity index (χ2v) is 14.8. The Morgan fingerprint density at radius 1 is 1.38 bits per heavy atom. The molecule has 0 aliphatic rings. The van der Waals surface area contributed by atoms with Crippen molar-refractivity contribution in [2.75, 3.05) is 13.3 Å². The molecule has 0 amide bonds. The average Bonchev–Trinajstić information content (AvgIpc) is 1.21. The minimum absolute atomic E-state index is 0.424. The summed E-state index contributed by atoms with van der Waals surface area (Å²) < 4.78 is 4.76. The zero-order chi connectivity index (χ0) is 6.78. The molecule has 47 valence electrons. The van der Waals surface area contributed by atoms with Crippen molar-refractivity contribution in [3.05, 3.63) is 0 Å². The Morgan fingerprint density at radius 2 is 1.75 bits per heavy atom. The van der Waals surface area contributed by atoms with E-state index in [9.17, 15) is 0 Å². The fraction of sp³-hybridized carbons (Fsp3) is 1.00. The first-order valence-corrected chi connectivity index (χ1v) is 9.20. The van der Waals surface area contributed by atoms with Crippen LogP contribution in [0, 0.1) is 0 Å². The number of rotatable bonds is 2. The Labute approximate surface area is 70.4 Å². The third-order valence-electron chi connectivity index (χ3n) is 0.482. The van der Waals surface area contributed by atoms with Crippen molar-refractivity contribution in [3.8, 4) is 0 Å². The molecule has 0 atom stereocenters. The van der Waals surface area contributed by atoms with Crippen LogP contribution in [0.15, 0.2) is 0 Å². The Balaban J connectivity index is 3.56. The van der Waals surface area contributed by atoms with Gasteiger partial charge in [0.25, 0.3) is 0 Å². The van der Waals surface area contributed by atoms with E-state index in [0.717, 1.165) is 0 Å². The SMILES string of the molecule is CC(C)O[P](C)(C)=[Y]. The standard InChI is InChI=1S/C5H13OP.Y/c1-5(2)6-7(3)4;/h5H,1-4H3;. The van der Waals surface area contributed by atoms with E-state index in [1.807, 2.05) is 0 Å². The molecule has 0 aromatic rings. The molecule has 0 aromatic carbocycles. The summed E-state index contributed by atoms with van der Waals surface area (Å²) in [5.41, 5.74) is 0. The van der Waals surface area contributed by atoms with E-state index in [-0.39, 0.29) is 0 Å². The quantitative estimate of drug-likeness (QED) is 0.632. The first-order chi connectivity index (χ1) is 3.42. The van der Waals surface area contributed by atoms with Crippen molar-refractivity contribution in [2.24, 2.45) is 0 Å². The van der Waals surface area contributed by atoms with Gasteiger partial charge < -0.3 is 0 Å². The Morgan fingerprint density at radius 3 is 1.75 bits per heavy atom. The molecule has 0 heterocycles. The van der Waals surface area contributed by atoms with Crippen LogP contribution in [0.25, 0.3) is 0 Å². The molecule has 0 saturated heterocycles. The molecule has 3 heteroatoms. The second-order valence-electron chi connectivity index (χ2n) is 2.59. The van der Waals surface area contributed by atoms with E-state index < -0.39 is 3.25 Å². The topological polar surface area (TPSA) is 9.23 Å².